The third-order valence-corrected chi connectivity index (χ3v) is 4.16. The highest BCUT2D eigenvalue weighted by Gasteiger charge is 2.41. The molecule has 0 saturated carbocycles. The predicted molar refractivity (Wildman–Crippen MR) is 77.4 cm³/mol. The molecule has 2 bridgehead atoms. The van der Waals surface area contributed by atoms with Gasteiger partial charge in [0.1, 0.15) is 5.82 Å². The first-order valence-corrected chi connectivity index (χ1v) is 7.18. The number of nitrogens with zero attached hydrogens (tertiary/aromatic N) is 3. The average Bonchev–Trinajstić information content (AvgIpc) is 2.37. The van der Waals surface area contributed by atoms with Gasteiger partial charge in [-0.25, -0.2) is 9.78 Å². The van der Waals surface area contributed by atoms with Gasteiger partial charge in [-0.2, -0.15) is 0 Å². The third-order valence-electron chi connectivity index (χ3n) is 3.53. The molecule has 0 aliphatic carbocycles. The topological polar surface area (TPSA) is 65.9 Å². The molecular weight excluding hydrogens is 361 g/mol. The van der Waals surface area contributed by atoms with Crippen LogP contribution in [-0.4, -0.2) is 59.5 Å². The fourth-order valence-electron chi connectivity index (χ4n) is 2.72. The van der Waals surface area contributed by atoms with Gasteiger partial charge in [-0.3, -0.25) is 4.90 Å². The Morgan fingerprint density at radius 2 is 2.05 bits per heavy atom. The lowest BCUT2D eigenvalue weighted by Gasteiger charge is -2.48. The number of ether oxygens (including phenoxy) is 1. The molecule has 1 N–H and O–H groups in total. The number of anilines is 1. The largest absolute Gasteiger partial charge is 0.465 e. The van der Waals surface area contributed by atoms with Crippen molar-refractivity contribution < 1.29 is 14.6 Å². The molecule has 2 unspecified atom stereocenters. The van der Waals surface area contributed by atoms with E-state index in [0.29, 0.717) is 26.3 Å². The summed E-state index contributed by atoms with van der Waals surface area (Å²) in [5, 5.41) is 9.27. The van der Waals surface area contributed by atoms with Crippen LogP contribution in [0.3, 0.4) is 0 Å². The lowest BCUT2D eigenvalue weighted by atomic mass is 10.1. The summed E-state index contributed by atoms with van der Waals surface area (Å²) in [6.07, 6.45) is 0.972. The number of rotatable bonds is 1. The summed E-state index contributed by atoms with van der Waals surface area (Å²) >= 11 is 2.22. The van der Waals surface area contributed by atoms with Crippen LogP contribution in [0.1, 0.15) is 0 Å². The maximum Gasteiger partial charge on any atom is 0.408 e. The number of hydrogen-bond acceptors (Lipinski definition) is 4. The summed E-state index contributed by atoms with van der Waals surface area (Å²) in [5.41, 5.74) is 0. The molecule has 19 heavy (non-hydrogen) atoms. The van der Waals surface area contributed by atoms with Crippen LogP contribution in [0.15, 0.2) is 18.3 Å². The van der Waals surface area contributed by atoms with E-state index in [1.54, 1.807) is 0 Å². The van der Waals surface area contributed by atoms with Crippen molar-refractivity contribution >= 4 is 34.5 Å². The second kappa shape index (κ2) is 5.12. The maximum atomic E-state index is 11.3. The van der Waals surface area contributed by atoms with Crippen molar-refractivity contribution in [1.82, 2.24) is 9.88 Å². The van der Waals surface area contributed by atoms with Gasteiger partial charge in [0.2, 0.25) is 0 Å². The highest BCUT2D eigenvalue weighted by Crippen LogP contribution is 2.25. The number of piperazine rings is 1. The summed E-state index contributed by atoms with van der Waals surface area (Å²) in [6, 6.07) is 3.78. The molecule has 1 aromatic rings. The molecule has 0 radical (unpaired) electrons. The minimum absolute atomic E-state index is 0.105. The Balaban J connectivity index is 1.81. The SMILES string of the molecule is O=C(O)N1C2COCC1CN(c1ccc(I)cn1)C2. The zero-order valence-electron chi connectivity index (χ0n) is 10.2. The monoisotopic (exact) mass is 375 g/mol. The quantitative estimate of drug-likeness (QED) is 0.749. The van der Waals surface area contributed by atoms with Crippen LogP contribution in [-0.2, 0) is 4.74 Å². The van der Waals surface area contributed by atoms with Gasteiger partial charge in [0, 0.05) is 22.9 Å². The van der Waals surface area contributed by atoms with Gasteiger partial charge in [-0.1, -0.05) is 0 Å². The van der Waals surface area contributed by atoms with Gasteiger partial charge in [0.05, 0.1) is 25.3 Å². The molecule has 102 valence electrons. The van der Waals surface area contributed by atoms with Crippen LogP contribution >= 0.6 is 22.6 Å². The summed E-state index contributed by atoms with van der Waals surface area (Å²) in [6.45, 7) is 2.19. The number of halogens is 1. The van der Waals surface area contributed by atoms with E-state index in [9.17, 15) is 9.90 Å². The fourth-order valence-corrected chi connectivity index (χ4v) is 3.04. The molecule has 3 rings (SSSR count). The molecule has 2 atom stereocenters. The molecule has 7 heteroatoms. The number of fused-ring (bicyclic) bond motifs is 2. The average molecular weight is 375 g/mol. The maximum absolute atomic E-state index is 11.3. The lowest BCUT2D eigenvalue weighted by Crippen LogP contribution is -2.66. The summed E-state index contributed by atoms with van der Waals surface area (Å²) in [5.74, 6) is 0.905. The van der Waals surface area contributed by atoms with Crippen LogP contribution in [0.4, 0.5) is 10.6 Å². The van der Waals surface area contributed by atoms with E-state index in [0.717, 1.165) is 9.39 Å². The summed E-state index contributed by atoms with van der Waals surface area (Å²) in [7, 11) is 0. The van der Waals surface area contributed by atoms with Crippen LogP contribution in [0.5, 0.6) is 0 Å². The molecule has 0 aromatic carbocycles. The molecular formula is C12H14IN3O3. The van der Waals surface area contributed by atoms with Gasteiger partial charge in [0.25, 0.3) is 0 Å². The normalized spacial score (nSPS) is 26.4. The number of pyridine rings is 1. The van der Waals surface area contributed by atoms with Crippen molar-refractivity contribution in [3.05, 3.63) is 21.9 Å². The smallest absolute Gasteiger partial charge is 0.408 e. The number of aromatic nitrogens is 1. The number of carboxylic acid groups (broad SMARTS) is 1. The zero-order valence-corrected chi connectivity index (χ0v) is 12.4. The summed E-state index contributed by atoms with van der Waals surface area (Å²) < 4.78 is 6.56. The number of morpholine rings is 1. The van der Waals surface area contributed by atoms with E-state index >= 15 is 0 Å². The first-order valence-electron chi connectivity index (χ1n) is 6.10. The Kier molecular flexibility index (Phi) is 3.48. The molecule has 3 heterocycles. The van der Waals surface area contributed by atoms with E-state index in [2.05, 4.69) is 32.5 Å². The Hall–Kier alpha value is -1.09. The molecule has 0 spiro atoms. The third kappa shape index (κ3) is 2.48. The molecule has 2 fully saturated rings. The highest BCUT2D eigenvalue weighted by atomic mass is 127. The standard InChI is InChI=1S/C12H14IN3O3/c13-8-1-2-11(14-3-8)15-4-9-6-19-7-10(5-15)16(9)12(17)18/h1-3,9-10H,4-7H2,(H,17,18). The second-order valence-corrected chi connectivity index (χ2v) is 6.02. The first-order chi connectivity index (χ1) is 9.15. The minimum atomic E-state index is -0.853. The predicted octanol–water partition coefficient (Wildman–Crippen LogP) is 1.25. The van der Waals surface area contributed by atoms with Crippen molar-refractivity contribution in [3.63, 3.8) is 0 Å². The van der Waals surface area contributed by atoms with Crippen LogP contribution in [0.2, 0.25) is 0 Å². The van der Waals surface area contributed by atoms with Crippen molar-refractivity contribution in [3.8, 4) is 0 Å². The van der Waals surface area contributed by atoms with Crippen molar-refractivity contribution in [2.45, 2.75) is 12.1 Å². The second-order valence-electron chi connectivity index (χ2n) is 4.77. The molecule has 2 aliphatic heterocycles. The molecule has 1 amide bonds. The number of hydrogen-bond donors (Lipinski definition) is 1. The molecule has 2 saturated heterocycles. The molecule has 6 nitrogen and oxygen atoms in total. The van der Waals surface area contributed by atoms with E-state index in [4.69, 9.17) is 4.74 Å². The van der Waals surface area contributed by atoms with Gasteiger partial charge in [-0.05, 0) is 34.7 Å². The highest BCUT2D eigenvalue weighted by molar-refractivity contribution is 14.1. The zero-order chi connectivity index (χ0) is 13.4. The van der Waals surface area contributed by atoms with Crippen molar-refractivity contribution in [2.75, 3.05) is 31.2 Å². The van der Waals surface area contributed by atoms with E-state index in [1.807, 2.05) is 18.3 Å². The van der Waals surface area contributed by atoms with Gasteiger partial charge in [0.15, 0.2) is 0 Å². The Bertz CT molecular complexity index is 468. The van der Waals surface area contributed by atoms with Gasteiger partial charge < -0.3 is 14.7 Å². The van der Waals surface area contributed by atoms with Crippen LogP contribution in [0.25, 0.3) is 0 Å². The van der Waals surface area contributed by atoms with E-state index < -0.39 is 6.09 Å². The van der Waals surface area contributed by atoms with Gasteiger partial charge >= 0.3 is 6.09 Å². The number of amides is 1. The van der Waals surface area contributed by atoms with Crippen LogP contribution in [0, 0.1) is 3.57 Å². The Labute approximate surface area is 124 Å². The van der Waals surface area contributed by atoms with Gasteiger partial charge in [-0.15, -0.1) is 0 Å². The van der Waals surface area contributed by atoms with E-state index in [-0.39, 0.29) is 12.1 Å². The molecule has 2 aliphatic rings. The lowest BCUT2D eigenvalue weighted by molar-refractivity contribution is -0.0451. The minimum Gasteiger partial charge on any atom is -0.465 e. The first kappa shape index (κ1) is 12.9. The van der Waals surface area contributed by atoms with Crippen LogP contribution < -0.4 is 4.90 Å². The molecule has 1 aromatic heterocycles. The Morgan fingerprint density at radius 3 is 2.58 bits per heavy atom. The Morgan fingerprint density at radius 1 is 1.37 bits per heavy atom. The van der Waals surface area contributed by atoms with Crippen molar-refractivity contribution in [1.29, 1.82) is 0 Å². The fraction of sp³-hybridized carbons (Fsp3) is 0.500. The summed E-state index contributed by atoms with van der Waals surface area (Å²) in [4.78, 5) is 19.4. The van der Waals surface area contributed by atoms with E-state index in [1.165, 1.54) is 4.90 Å². The van der Waals surface area contributed by atoms with Crippen molar-refractivity contribution in [2.24, 2.45) is 0 Å². The number of carbonyl (C=O) groups is 1.